The fourth-order valence-corrected chi connectivity index (χ4v) is 3.45. The van der Waals surface area contributed by atoms with E-state index in [1.807, 2.05) is 16.9 Å². The number of aromatic nitrogens is 2. The molecule has 2 saturated heterocycles. The Bertz CT molecular complexity index is 343. The third kappa shape index (κ3) is 2.75. The summed E-state index contributed by atoms with van der Waals surface area (Å²) in [5, 5.41) is 7.98. The molecule has 3 rings (SSSR count). The highest BCUT2D eigenvalue weighted by atomic mass is 15.3. The zero-order valence-electron chi connectivity index (χ0n) is 11.1. The van der Waals surface area contributed by atoms with E-state index in [2.05, 4.69) is 21.5 Å². The molecule has 3 heterocycles. The minimum absolute atomic E-state index is 0.739. The molecule has 0 radical (unpaired) electrons. The highest BCUT2D eigenvalue weighted by Gasteiger charge is 2.31. The Labute approximate surface area is 109 Å². The van der Waals surface area contributed by atoms with Gasteiger partial charge >= 0.3 is 0 Å². The fourth-order valence-electron chi connectivity index (χ4n) is 3.45. The standard InChI is InChI=1S/C14H24N4/c1-2-9-17(11-12-18-10-4-8-16-18)14(6-1)13-5-3-7-15-13/h4,8,10,13-15H,1-3,5-7,9,11-12H2. The van der Waals surface area contributed by atoms with Crippen molar-refractivity contribution >= 4 is 0 Å². The summed E-state index contributed by atoms with van der Waals surface area (Å²) in [6.07, 6.45) is 10.8. The molecule has 2 fully saturated rings. The van der Waals surface area contributed by atoms with E-state index in [0.717, 1.165) is 25.2 Å². The molecular weight excluding hydrogens is 224 g/mol. The quantitative estimate of drug-likeness (QED) is 0.876. The summed E-state index contributed by atoms with van der Waals surface area (Å²) in [4.78, 5) is 2.69. The molecule has 0 aliphatic carbocycles. The van der Waals surface area contributed by atoms with Gasteiger partial charge in [-0.1, -0.05) is 6.42 Å². The van der Waals surface area contributed by atoms with Crippen LogP contribution < -0.4 is 5.32 Å². The van der Waals surface area contributed by atoms with Crippen LogP contribution in [-0.2, 0) is 6.54 Å². The van der Waals surface area contributed by atoms with Crippen LogP contribution in [0.1, 0.15) is 32.1 Å². The molecular formula is C14H24N4. The lowest BCUT2D eigenvalue weighted by Gasteiger charge is -2.39. The first-order valence-electron chi connectivity index (χ1n) is 7.38. The van der Waals surface area contributed by atoms with Crippen molar-refractivity contribution in [1.29, 1.82) is 0 Å². The number of nitrogens with one attached hydrogen (secondary N) is 1. The molecule has 0 amide bonds. The van der Waals surface area contributed by atoms with Crippen LogP contribution in [0.2, 0.25) is 0 Å². The number of rotatable bonds is 4. The molecule has 2 atom stereocenters. The van der Waals surface area contributed by atoms with E-state index in [9.17, 15) is 0 Å². The van der Waals surface area contributed by atoms with E-state index < -0.39 is 0 Å². The van der Waals surface area contributed by atoms with Crippen molar-refractivity contribution < 1.29 is 0 Å². The Hall–Kier alpha value is -0.870. The molecule has 0 bridgehead atoms. The van der Waals surface area contributed by atoms with Crippen LogP contribution >= 0.6 is 0 Å². The van der Waals surface area contributed by atoms with Crippen molar-refractivity contribution in [3.8, 4) is 0 Å². The Balaban J connectivity index is 1.57. The van der Waals surface area contributed by atoms with Crippen LogP contribution in [0, 0.1) is 0 Å². The molecule has 100 valence electrons. The molecule has 2 unspecified atom stereocenters. The average molecular weight is 248 g/mol. The highest BCUT2D eigenvalue weighted by molar-refractivity contribution is 4.90. The van der Waals surface area contributed by atoms with Gasteiger partial charge in [0.2, 0.25) is 0 Å². The molecule has 2 aliphatic heterocycles. The summed E-state index contributed by atoms with van der Waals surface area (Å²) >= 11 is 0. The Kier molecular flexibility index (Phi) is 3.96. The van der Waals surface area contributed by atoms with Gasteiger partial charge in [0.15, 0.2) is 0 Å². The van der Waals surface area contributed by atoms with E-state index in [1.54, 1.807) is 0 Å². The summed E-state index contributed by atoms with van der Waals surface area (Å²) in [5.74, 6) is 0. The first-order chi connectivity index (χ1) is 8.93. The zero-order chi connectivity index (χ0) is 12.2. The third-order valence-corrected chi connectivity index (χ3v) is 4.40. The fraction of sp³-hybridized carbons (Fsp3) is 0.786. The SMILES string of the molecule is c1cnn(CCN2CCCCC2C2CCCN2)c1. The first-order valence-corrected chi connectivity index (χ1v) is 7.38. The molecule has 2 aliphatic rings. The maximum absolute atomic E-state index is 4.30. The summed E-state index contributed by atoms with van der Waals surface area (Å²) in [7, 11) is 0. The van der Waals surface area contributed by atoms with Gasteiger partial charge in [-0.25, -0.2) is 0 Å². The lowest BCUT2D eigenvalue weighted by Crippen LogP contribution is -2.51. The van der Waals surface area contributed by atoms with Crippen LogP contribution in [0.4, 0.5) is 0 Å². The van der Waals surface area contributed by atoms with Crippen LogP contribution in [0.25, 0.3) is 0 Å². The molecule has 0 aromatic carbocycles. The van der Waals surface area contributed by atoms with Gasteiger partial charge < -0.3 is 5.32 Å². The van der Waals surface area contributed by atoms with Crippen molar-refractivity contribution in [2.75, 3.05) is 19.6 Å². The Morgan fingerprint density at radius 1 is 1.17 bits per heavy atom. The van der Waals surface area contributed by atoms with Crippen molar-refractivity contribution in [3.05, 3.63) is 18.5 Å². The molecule has 1 aromatic heterocycles. The maximum Gasteiger partial charge on any atom is 0.0536 e. The molecule has 0 saturated carbocycles. The van der Waals surface area contributed by atoms with Gasteiger partial charge in [0.1, 0.15) is 0 Å². The van der Waals surface area contributed by atoms with Crippen LogP contribution in [-0.4, -0.2) is 46.4 Å². The van der Waals surface area contributed by atoms with E-state index >= 15 is 0 Å². The molecule has 0 spiro atoms. The van der Waals surface area contributed by atoms with Crippen molar-refractivity contribution in [3.63, 3.8) is 0 Å². The normalized spacial score (nSPS) is 29.8. The highest BCUT2D eigenvalue weighted by Crippen LogP contribution is 2.23. The molecule has 1 N–H and O–H groups in total. The molecule has 18 heavy (non-hydrogen) atoms. The van der Waals surface area contributed by atoms with E-state index in [-0.39, 0.29) is 0 Å². The molecule has 4 heteroatoms. The predicted octanol–water partition coefficient (Wildman–Crippen LogP) is 1.49. The van der Waals surface area contributed by atoms with Crippen LogP contribution in [0.15, 0.2) is 18.5 Å². The molecule has 4 nitrogen and oxygen atoms in total. The van der Waals surface area contributed by atoms with Crippen LogP contribution in [0.3, 0.4) is 0 Å². The monoisotopic (exact) mass is 248 g/mol. The molecule has 1 aromatic rings. The number of hydrogen-bond donors (Lipinski definition) is 1. The number of hydrogen-bond acceptors (Lipinski definition) is 3. The van der Waals surface area contributed by atoms with Gasteiger partial charge in [-0.3, -0.25) is 9.58 Å². The van der Waals surface area contributed by atoms with Crippen molar-refractivity contribution in [2.24, 2.45) is 0 Å². The van der Waals surface area contributed by atoms with Gasteiger partial charge in [-0.05, 0) is 44.8 Å². The summed E-state index contributed by atoms with van der Waals surface area (Å²) in [5.41, 5.74) is 0. The average Bonchev–Trinajstić information content (AvgIpc) is 3.10. The second-order valence-corrected chi connectivity index (χ2v) is 5.57. The van der Waals surface area contributed by atoms with Crippen molar-refractivity contribution in [1.82, 2.24) is 20.0 Å². The van der Waals surface area contributed by atoms with Gasteiger partial charge in [0.25, 0.3) is 0 Å². The largest absolute Gasteiger partial charge is 0.312 e. The van der Waals surface area contributed by atoms with E-state index in [0.29, 0.717) is 0 Å². The summed E-state index contributed by atoms with van der Waals surface area (Å²) in [6, 6.07) is 3.51. The third-order valence-electron chi connectivity index (χ3n) is 4.40. The Morgan fingerprint density at radius 2 is 2.17 bits per heavy atom. The van der Waals surface area contributed by atoms with Crippen molar-refractivity contribution in [2.45, 2.75) is 50.7 Å². The first kappa shape index (κ1) is 12.2. The second kappa shape index (κ2) is 5.85. The van der Waals surface area contributed by atoms with Gasteiger partial charge in [0.05, 0.1) is 6.54 Å². The predicted molar refractivity (Wildman–Crippen MR) is 72.5 cm³/mol. The second-order valence-electron chi connectivity index (χ2n) is 5.57. The number of nitrogens with zero attached hydrogens (tertiary/aromatic N) is 3. The number of likely N-dealkylation sites (tertiary alicyclic amines) is 1. The van der Waals surface area contributed by atoms with Crippen LogP contribution in [0.5, 0.6) is 0 Å². The maximum atomic E-state index is 4.30. The lowest BCUT2D eigenvalue weighted by molar-refractivity contribution is 0.114. The summed E-state index contributed by atoms with van der Waals surface area (Å²) in [6.45, 7) is 4.65. The number of piperidine rings is 1. The van der Waals surface area contributed by atoms with E-state index in [4.69, 9.17) is 0 Å². The van der Waals surface area contributed by atoms with Gasteiger partial charge in [0, 0.05) is 31.0 Å². The minimum atomic E-state index is 0.739. The van der Waals surface area contributed by atoms with Gasteiger partial charge in [-0.15, -0.1) is 0 Å². The van der Waals surface area contributed by atoms with E-state index in [1.165, 1.54) is 45.2 Å². The smallest absolute Gasteiger partial charge is 0.0536 e. The lowest BCUT2D eigenvalue weighted by atomic mass is 9.94. The zero-order valence-corrected chi connectivity index (χ0v) is 11.1. The van der Waals surface area contributed by atoms with Gasteiger partial charge in [-0.2, -0.15) is 5.10 Å². The Morgan fingerprint density at radius 3 is 2.94 bits per heavy atom. The summed E-state index contributed by atoms with van der Waals surface area (Å²) < 4.78 is 2.05. The topological polar surface area (TPSA) is 33.1 Å². The minimum Gasteiger partial charge on any atom is -0.312 e.